The van der Waals surface area contributed by atoms with Crippen LogP contribution in [0, 0.1) is 0 Å². The molecule has 0 radical (unpaired) electrons. The summed E-state index contributed by atoms with van der Waals surface area (Å²) in [5, 5.41) is 0. The van der Waals surface area contributed by atoms with Crippen molar-refractivity contribution in [2.75, 3.05) is 0 Å². The summed E-state index contributed by atoms with van der Waals surface area (Å²) in [6.45, 7) is 0. The molecule has 2 nitrogen and oxygen atoms in total. The molecule has 0 aliphatic heterocycles. The van der Waals surface area contributed by atoms with E-state index in [1.54, 1.807) is 12.1 Å². The molecule has 0 N–H and O–H groups in total. The van der Waals surface area contributed by atoms with E-state index in [0.717, 1.165) is 12.1 Å². The van der Waals surface area contributed by atoms with E-state index in [0.29, 0.717) is 17.4 Å². The molecule has 19 heavy (non-hydrogen) atoms. The van der Waals surface area contributed by atoms with Crippen LogP contribution in [0.25, 0.3) is 12.2 Å². The Bertz CT molecular complexity index is 609. The lowest BCUT2D eigenvalue weighted by atomic mass is 10.1. The summed E-state index contributed by atoms with van der Waals surface area (Å²) in [5.41, 5.74) is 0.332. The maximum atomic E-state index is 12.5. The molecule has 1 heterocycles. The number of rotatable bonds is 3. The highest BCUT2D eigenvalue weighted by atomic mass is 19.4. The molecule has 2 rings (SSSR count). The third-order valence-corrected chi connectivity index (χ3v) is 2.44. The van der Waals surface area contributed by atoms with Crippen molar-refractivity contribution in [1.29, 1.82) is 0 Å². The molecule has 0 aliphatic carbocycles. The van der Waals surface area contributed by atoms with E-state index >= 15 is 0 Å². The second-order valence-corrected chi connectivity index (χ2v) is 3.86. The van der Waals surface area contributed by atoms with Crippen LogP contribution in [0.1, 0.15) is 27.2 Å². The SMILES string of the molecule is O=Cc1cc(C=Cc2cccc(C(F)(F)F)c2)co1. The van der Waals surface area contributed by atoms with Gasteiger partial charge >= 0.3 is 6.18 Å². The second kappa shape index (κ2) is 5.14. The van der Waals surface area contributed by atoms with Crippen molar-refractivity contribution >= 4 is 18.4 Å². The predicted molar refractivity (Wildman–Crippen MR) is 64.5 cm³/mol. The Morgan fingerprint density at radius 1 is 1.05 bits per heavy atom. The highest BCUT2D eigenvalue weighted by Gasteiger charge is 2.30. The summed E-state index contributed by atoms with van der Waals surface area (Å²) in [6, 6.07) is 6.47. The molecule has 0 aliphatic rings. The number of benzene rings is 1. The molecule has 1 aromatic heterocycles. The summed E-state index contributed by atoms with van der Waals surface area (Å²) >= 11 is 0. The zero-order valence-corrected chi connectivity index (χ0v) is 9.65. The number of furan rings is 1. The van der Waals surface area contributed by atoms with E-state index in [2.05, 4.69) is 0 Å². The number of hydrogen-bond donors (Lipinski definition) is 0. The Labute approximate surface area is 107 Å². The molecule has 2 aromatic rings. The van der Waals surface area contributed by atoms with Gasteiger partial charge in [0.05, 0.1) is 11.8 Å². The number of carbonyl (C=O) groups is 1. The van der Waals surface area contributed by atoms with Gasteiger partial charge < -0.3 is 4.42 Å². The van der Waals surface area contributed by atoms with Gasteiger partial charge in [0.1, 0.15) is 0 Å². The largest absolute Gasteiger partial charge is 0.461 e. The number of halogens is 3. The average Bonchev–Trinajstić information content (AvgIpc) is 2.84. The minimum atomic E-state index is -4.36. The summed E-state index contributed by atoms with van der Waals surface area (Å²) in [6.07, 6.45) is 0.653. The molecule has 1 aromatic carbocycles. The van der Waals surface area contributed by atoms with Gasteiger partial charge in [-0.1, -0.05) is 24.3 Å². The van der Waals surface area contributed by atoms with Crippen molar-refractivity contribution in [2.24, 2.45) is 0 Å². The van der Waals surface area contributed by atoms with Crippen molar-refractivity contribution in [1.82, 2.24) is 0 Å². The lowest BCUT2D eigenvalue weighted by molar-refractivity contribution is -0.137. The third kappa shape index (κ3) is 3.34. The van der Waals surface area contributed by atoms with E-state index in [-0.39, 0.29) is 5.76 Å². The van der Waals surface area contributed by atoms with Crippen LogP contribution in [0.5, 0.6) is 0 Å². The lowest BCUT2D eigenvalue weighted by Gasteiger charge is -2.06. The summed E-state index contributed by atoms with van der Waals surface area (Å²) in [7, 11) is 0. The average molecular weight is 266 g/mol. The zero-order chi connectivity index (χ0) is 13.9. The molecule has 0 saturated heterocycles. The molecule has 0 fully saturated rings. The van der Waals surface area contributed by atoms with Gasteiger partial charge in [-0.3, -0.25) is 4.79 Å². The van der Waals surface area contributed by atoms with Gasteiger partial charge in [-0.15, -0.1) is 0 Å². The normalized spacial score (nSPS) is 11.9. The number of hydrogen-bond acceptors (Lipinski definition) is 2. The Morgan fingerprint density at radius 3 is 2.42 bits per heavy atom. The topological polar surface area (TPSA) is 30.2 Å². The molecular weight excluding hydrogens is 257 g/mol. The van der Waals surface area contributed by atoms with Crippen LogP contribution in [0.15, 0.2) is 41.0 Å². The fourth-order valence-electron chi connectivity index (χ4n) is 1.53. The van der Waals surface area contributed by atoms with Crippen molar-refractivity contribution in [3.05, 3.63) is 59.0 Å². The highest BCUT2D eigenvalue weighted by molar-refractivity contribution is 5.75. The Hall–Kier alpha value is -2.30. The fourth-order valence-corrected chi connectivity index (χ4v) is 1.53. The van der Waals surface area contributed by atoms with Crippen LogP contribution >= 0.6 is 0 Å². The first-order valence-corrected chi connectivity index (χ1v) is 5.38. The summed E-state index contributed by atoms with van der Waals surface area (Å²) in [5.74, 6) is 0.170. The molecular formula is C14H9F3O2. The van der Waals surface area contributed by atoms with E-state index in [4.69, 9.17) is 4.42 Å². The molecule has 0 amide bonds. The van der Waals surface area contributed by atoms with Crippen LogP contribution in [0.3, 0.4) is 0 Å². The van der Waals surface area contributed by atoms with E-state index in [1.807, 2.05) is 0 Å². The van der Waals surface area contributed by atoms with Crippen molar-refractivity contribution < 1.29 is 22.4 Å². The minimum absolute atomic E-state index is 0.170. The number of aldehydes is 1. The molecule has 98 valence electrons. The standard InChI is InChI=1S/C14H9F3O2/c15-14(16,17)12-3-1-2-10(6-12)4-5-11-7-13(8-18)19-9-11/h1-9H. The first kappa shape index (κ1) is 13.1. The van der Waals surface area contributed by atoms with Gasteiger partial charge in [-0.25, -0.2) is 0 Å². The first-order valence-electron chi connectivity index (χ1n) is 5.38. The van der Waals surface area contributed by atoms with Crippen LogP contribution in [-0.4, -0.2) is 6.29 Å². The van der Waals surface area contributed by atoms with Crippen molar-refractivity contribution in [2.45, 2.75) is 6.18 Å². The van der Waals surface area contributed by atoms with Crippen LogP contribution < -0.4 is 0 Å². The number of alkyl halides is 3. The maximum absolute atomic E-state index is 12.5. The van der Waals surface area contributed by atoms with Gasteiger partial charge in [0, 0.05) is 5.56 Å². The molecule has 0 spiro atoms. The Balaban J connectivity index is 2.21. The number of carbonyl (C=O) groups excluding carboxylic acids is 1. The monoisotopic (exact) mass is 266 g/mol. The minimum Gasteiger partial charge on any atom is -0.461 e. The molecule has 5 heteroatoms. The van der Waals surface area contributed by atoms with E-state index < -0.39 is 11.7 Å². The third-order valence-electron chi connectivity index (χ3n) is 2.44. The van der Waals surface area contributed by atoms with Crippen molar-refractivity contribution in [3.63, 3.8) is 0 Å². The van der Waals surface area contributed by atoms with Crippen LogP contribution in [0.4, 0.5) is 13.2 Å². The smallest absolute Gasteiger partial charge is 0.416 e. The second-order valence-electron chi connectivity index (χ2n) is 3.86. The fraction of sp³-hybridized carbons (Fsp3) is 0.0714. The highest BCUT2D eigenvalue weighted by Crippen LogP contribution is 2.29. The lowest BCUT2D eigenvalue weighted by Crippen LogP contribution is -2.04. The van der Waals surface area contributed by atoms with Gasteiger partial charge in [-0.2, -0.15) is 13.2 Å². The molecule has 0 saturated carbocycles. The first-order chi connectivity index (χ1) is 8.99. The van der Waals surface area contributed by atoms with E-state index in [1.165, 1.54) is 24.5 Å². The van der Waals surface area contributed by atoms with Gasteiger partial charge in [0.25, 0.3) is 0 Å². The van der Waals surface area contributed by atoms with Gasteiger partial charge in [-0.05, 0) is 23.8 Å². The Morgan fingerprint density at radius 2 is 1.79 bits per heavy atom. The van der Waals surface area contributed by atoms with Crippen LogP contribution in [-0.2, 0) is 6.18 Å². The van der Waals surface area contributed by atoms with E-state index in [9.17, 15) is 18.0 Å². The quantitative estimate of drug-likeness (QED) is 0.776. The van der Waals surface area contributed by atoms with Gasteiger partial charge in [0.2, 0.25) is 0 Å². The van der Waals surface area contributed by atoms with Crippen LogP contribution in [0.2, 0.25) is 0 Å². The Kier molecular flexibility index (Phi) is 3.55. The maximum Gasteiger partial charge on any atom is 0.416 e. The van der Waals surface area contributed by atoms with Gasteiger partial charge in [0.15, 0.2) is 12.0 Å². The molecule has 0 atom stereocenters. The molecule has 0 bridgehead atoms. The predicted octanol–water partition coefficient (Wildman–Crippen LogP) is 4.28. The summed E-state index contributed by atoms with van der Waals surface area (Å²) in [4.78, 5) is 10.4. The van der Waals surface area contributed by atoms with Crippen molar-refractivity contribution in [3.8, 4) is 0 Å². The summed E-state index contributed by atoms with van der Waals surface area (Å²) < 4.78 is 42.4. The zero-order valence-electron chi connectivity index (χ0n) is 9.65. The molecule has 0 unspecified atom stereocenters.